The summed E-state index contributed by atoms with van der Waals surface area (Å²) >= 11 is 0. The van der Waals surface area contributed by atoms with Crippen LogP contribution >= 0.6 is 0 Å². The van der Waals surface area contributed by atoms with Crippen LogP contribution in [0.1, 0.15) is 16.7 Å². The Balaban J connectivity index is 0.000000845. The monoisotopic (exact) mass is 164 g/mol. The van der Waals surface area contributed by atoms with E-state index in [4.69, 9.17) is 0 Å². The molecule has 62 valence electrons. The molecule has 0 saturated carbocycles. The van der Waals surface area contributed by atoms with Crippen molar-refractivity contribution in [2.45, 2.75) is 20.8 Å². The molecule has 0 amide bonds. The van der Waals surface area contributed by atoms with E-state index in [1.54, 1.807) is 0 Å². The molecule has 0 fully saturated rings. The van der Waals surface area contributed by atoms with Crippen molar-refractivity contribution >= 4 is 10.8 Å². The Morgan fingerprint density at radius 2 is 1.85 bits per heavy atom. The zero-order chi connectivity index (χ0) is 8.72. The third-order valence-electron chi connectivity index (χ3n) is 2.42. The Morgan fingerprint density at radius 1 is 1.15 bits per heavy atom. The zero-order valence-electron chi connectivity index (χ0n) is 8.81. The van der Waals surface area contributed by atoms with Crippen molar-refractivity contribution in [1.29, 1.82) is 0 Å². The van der Waals surface area contributed by atoms with Gasteiger partial charge in [-0.25, -0.2) is 0 Å². The molecule has 1 heteroatoms. The number of aryl methyl sites for hydroxylation is 3. The molecule has 0 aromatic heterocycles. The van der Waals surface area contributed by atoms with E-state index in [0.717, 1.165) is 0 Å². The number of fused-ring (bicyclic) bond motifs is 1. The molecule has 2 aromatic carbocycles. The molecule has 0 unspecified atom stereocenters. The Labute approximate surface area is 91.5 Å². The van der Waals surface area contributed by atoms with Crippen molar-refractivity contribution in [3.05, 3.63) is 41.0 Å². The summed E-state index contributed by atoms with van der Waals surface area (Å²) in [6.45, 7) is 6.50. The van der Waals surface area contributed by atoms with E-state index in [1.165, 1.54) is 27.5 Å². The van der Waals surface area contributed by atoms with Crippen LogP contribution in [0, 0.1) is 20.8 Å². The summed E-state index contributed by atoms with van der Waals surface area (Å²) in [5.74, 6) is 0. The van der Waals surface area contributed by atoms with E-state index in [0.29, 0.717) is 0 Å². The normalized spacial score (nSPS) is 10.1. The van der Waals surface area contributed by atoms with Gasteiger partial charge in [-0.3, -0.25) is 0 Å². The molecule has 0 bridgehead atoms. The van der Waals surface area contributed by atoms with Crippen molar-refractivity contribution < 1.29 is 18.9 Å². The molecule has 0 saturated heterocycles. The van der Waals surface area contributed by atoms with Crippen LogP contribution in [0.25, 0.3) is 10.8 Å². The van der Waals surface area contributed by atoms with Gasteiger partial charge in [0.1, 0.15) is 0 Å². The van der Waals surface area contributed by atoms with Gasteiger partial charge >= 0.3 is 18.9 Å². The van der Waals surface area contributed by atoms with Crippen molar-refractivity contribution in [3.8, 4) is 0 Å². The maximum absolute atomic E-state index is 2.25. The molecule has 0 N–H and O–H groups in total. The first kappa shape index (κ1) is 10.5. The summed E-state index contributed by atoms with van der Waals surface area (Å²) in [5.41, 5.74) is 4.14. The van der Waals surface area contributed by atoms with Gasteiger partial charge in [0.15, 0.2) is 0 Å². The van der Waals surface area contributed by atoms with Crippen LogP contribution in [0.5, 0.6) is 0 Å². The van der Waals surface area contributed by atoms with Gasteiger partial charge < -0.3 is 0 Å². The topological polar surface area (TPSA) is 0 Å². The van der Waals surface area contributed by atoms with Gasteiger partial charge in [0.05, 0.1) is 0 Å². The van der Waals surface area contributed by atoms with Gasteiger partial charge in [-0.15, -0.1) is 28.0 Å². The summed E-state index contributed by atoms with van der Waals surface area (Å²) in [6.07, 6.45) is 0. The standard InChI is InChI=1S/C12H13.Li/c1-8-6-10(3)12-9(2)4-5-11(12)7-8;/h4-7H,1-3H3;/q-1;+1. The summed E-state index contributed by atoms with van der Waals surface area (Å²) in [7, 11) is 0. The molecule has 0 aliphatic heterocycles. The fourth-order valence-electron chi connectivity index (χ4n) is 1.97. The molecular formula is C12H13Li. The van der Waals surface area contributed by atoms with Crippen LogP contribution in [0.2, 0.25) is 0 Å². The molecule has 0 aliphatic carbocycles. The van der Waals surface area contributed by atoms with Crippen LogP contribution < -0.4 is 18.9 Å². The molecule has 2 rings (SSSR count). The minimum Gasteiger partial charge on any atom is -0.168 e. The fraction of sp³-hybridized carbons (Fsp3) is 0.250. The first-order chi connectivity index (χ1) is 5.68. The molecule has 0 nitrogen and oxygen atoms in total. The summed E-state index contributed by atoms with van der Waals surface area (Å²) < 4.78 is 0. The van der Waals surface area contributed by atoms with Crippen LogP contribution in [0.4, 0.5) is 0 Å². The average molecular weight is 164 g/mol. The van der Waals surface area contributed by atoms with Crippen molar-refractivity contribution in [2.75, 3.05) is 0 Å². The predicted octanol–water partition coefficient (Wildman–Crippen LogP) is 0.488. The Bertz CT molecular complexity index is 424. The Hall–Kier alpha value is -0.573. The second-order valence-electron chi connectivity index (χ2n) is 3.56. The number of rotatable bonds is 0. The SMILES string of the molecule is Cc1cc(C)c2c(cc[c-]2C)c1.[Li+]. The van der Waals surface area contributed by atoms with Gasteiger partial charge in [0.2, 0.25) is 0 Å². The second kappa shape index (κ2) is 3.66. The quantitative estimate of drug-likeness (QED) is 0.392. The van der Waals surface area contributed by atoms with E-state index in [2.05, 4.69) is 45.0 Å². The molecule has 13 heavy (non-hydrogen) atoms. The smallest absolute Gasteiger partial charge is 0.168 e. The van der Waals surface area contributed by atoms with Gasteiger partial charge in [0.25, 0.3) is 0 Å². The first-order valence-corrected chi connectivity index (χ1v) is 4.32. The largest absolute Gasteiger partial charge is 1.00 e. The third-order valence-corrected chi connectivity index (χ3v) is 2.42. The summed E-state index contributed by atoms with van der Waals surface area (Å²) in [4.78, 5) is 0. The van der Waals surface area contributed by atoms with E-state index in [9.17, 15) is 0 Å². The number of hydrogen-bond donors (Lipinski definition) is 0. The molecule has 0 spiro atoms. The van der Waals surface area contributed by atoms with Crippen molar-refractivity contribution in [2.24, 2.45) is 0 Å². The van der Waals surface area contributed by atoms with E-state index >= 15 is 0 Å². The molecule has 0 aliphatic rings. The van der Waals surface area contributed by atoms with Gasteiger partial charge in [-0.05, 0) is 6.92 Å². The maximum atomic E-state index is 2.25. The van der Waals surface area contributed by atoms with Crippen LogP contribution in [-0.4, -0.2) is 0 Å². The molecule has 2 aromatic rings. The van der Waals surface area contributed by atoms with E-state index in [-0.39, 0.29) is 18.9 Å². The van der Waals surface area contributed by atoms with Crippen LogP contribution in [0.3, 0.4) is 0 Å². The first-order valence-electron chi connectivity index (χ1n) is 4.32. The maximum Gasteiger partial charge on any atom is 1.00 e. The Morgan fingerprint density at radius 3 is 2.54 bits per heavy atom. The van der Waals surface area contributed by atoms with Crippen LogP contribution in [-0.2, 0) is 0 Å². The van der Waals surface area contributed by atoms with Crippen LogP contribution in [0.15, 0.2) is 24.3 Å². The van der Waals surface area contributed by atoms with Gasteiger partial charge in [-0.2, -0.15) is 12.1 Å². The minimum atomic E-state index is 0. The summed E-state index contributed by atoms with van der Waals surface area (Å²) in [6, 6.07) is 8.88. The number of benzene rings is 1. The third kappa shape index (κ3) is 1.70. The molecule has 0 heterocycles. The Kier molecular flexibility index (Phi) is 2.96. The predicted molar refractivity (Wildman–Crippen MR) is 53.8 cm³/mol. The molecule has 0 atom stereocenters. The van der Waals surface area contributed by atoms with Crippen molar-refractivity contribution in [3.63, 3.8) is 0 Å². The minimum absolute atomic E-state index is 0. The van der Waals surface area contributed by atoms with E-state index in [1.807, 2.05) is 0 Å². The van der Waals surface area contributed by atoms with Gasteiger partial charge in [-0.1, -0.05) is 25.5 Å². The second-order valence-corrected chi connectivity index (χ2v) is 3.56. The average Bonchev–Trinajstić information content (AvgIpc) is 2.31. The fourth-order valence-corrected chi connectivity index (χ4v) is 1.97. The van der Waals surface area contributed by atoms with Gasteiger partial charge in [0, 0.05) is 0 Å². The zero-order valence-corrected chi connectivity index (χ0v) is 8.81. The number of hydrogen-bond acceptors (Lipinski definition) is 0. The molecular weight excluding hydrogens is 151 g/mol. The summed E-state index contributed by atoms with van der Waals surface area (Å²) in [5, 5.41) is 2.81. The van der Waals surface area contributed by atoms with Crippen molar-refractivity contribution in [1.82, 2.24) is 0 Å². The van der Waals surface area contributed by atoms with E-state index < -0.39 is 0 Å². The molecule has 0 radical (unpaired) electrons.